The van der Waals surface area contributed by atoms with Crippen molar-refractivity contribution in [2.45, 2.75) is 39.7 Å². The Balaban J connectivity index is 3.06. The van der Waals surface area contributed by atoms with Gasteiger partial charge in [-0.05, 0) is 19.8 Å². The zero-order valence-corrected chi connectivity index (χ0v) is 10.8. The first-order valence-corrected chi connectivity index (χ1v) is 6.14. The number of rotatable bonds is 5. The molecule has 0 saturated carbocycles. The number of thiazole rings is 1. The van der Waals surface area contributed by atoms with Gasteiger partial charge in [-0.1, -0.05) is 13.8 Å². The number of hydrogen-bond donors (Lipinski definition) is 1. The summed E-state index contributed by atoms with van der Waals surface area (Å²) in [5, 5.41) is 9.81. The Morgan fingerprint density at radius 3 is 2.50 bits per heavy atom. The van der Waals surface area contributed by atoms with Crippen molar-refractivity contribution in [1.29, 1.82) is 0 Å². The maximum atomic E-state index is 11.0. The van der Waals surface area contributed by atoms with Crippen molar-refractivity contribution in [3.8, 4) is 0 Å². The Labute approximate surface area is 99.3 Å². The third kappa shape index (κ3) is 2.80. The molecular weight excluding hydrogens is 226 g/mol. The van der Waals surface area contributed by atoms with E-state index in [1.165, 1.54) is 11.3 Å². The second-order valence-corrected chi connectivity index (χ2v) is 4.85. The van der Waals surface area contributed by atoms with Gasteiger partial charge in [0, 0.05) is 6.61 Å². The lowest BCUT2D eigenvalue weighted by Crippen LogP contribution is -2.01. The van der Waals surface area contributed by atoms with Crippen molar-refractivity contribution in [1.82, 2.24) is 4.98 Å². The first kappa shape index (κ1) is 13.1. The molecule has 1 N–H and O–H groups in total. The highest BCUT2D eigenvalue weighted by molar-refractivity contribution is 7.13. The van der Waals surface area contributed by atoms with E-state index in [1.807, 2.05) is 27.7 Å². The standard InChI is InChI=1S/C11H17NO3S/c1-5-15-7(4)10-12-8(6(2)3)9(16-10)11(13)14/h6-7H,5H2,1-4H3,(H,13,14). The van der Waals surface area contributed by atoms with Crippen LogP contribution in [-0.2, 0) is 4.74 Å². The summed E-state index contributed by atoms with van der Waals surface area (Å²) in [6.45, 7) is 8.27. The number of carbonyl (C=O) groups is 1. The van der Waals surface area contributed by atoms with Crippen LogP contribution >= 0.6 is 11.3 Å². The van der Waals surface area contributed by atoms with Gasteiger partial charge >= 0.3 is 5.97 Å². The highest BCUT2D eigenvalue weighted by atomic mass is 32.1. The predicted octanol–water partition coefficient (Wildman–Crippen LogP) is 3.06. The minimum Gasteiger partial charge on any atom is -0.477 e. The quantitative estimate of drug-likeness (QED) is 0.863. The molecule has 16 heavy (non-hydrogen) atoms. The fourth-order valence-corrected chi connectivity index (χ4v) is 2.45. The Hall–Kier alpha value is -0.940. The van der Waals surface area contributed by atoms with Crippen LogP contribution in [0.25, 0.3) is 0 Å². The van der Waals surface area contributed by atoms with Gasteiger partial charge in [-0.15, -0.1) is 11.3 Å². The van der Waals surface area contributed by atoms with Gasteiger partial charge in [-0.25, -0.2) is 9.78 Å². The van der Waals surface area contributed by atoms with Gasteiger partial charge in [0.15, 0.2) is 0 Å². The van der Waals surface area contributed by atoms with Crippen LogP contribution in [0.2, 0.25) is 0 Å². The van der Waals surface area contributed by atoms with E-state index in [1.54, 1.807) is 0 Å². The molecule has 0 fully saturated rings. The molecule has 0 bridgehead atoms. The summed E-state index contributed by atoms with van der Waals surface area (Å²) in [6, 6.07) is 0. The molecular formula is C11H17NO3S. The molecule has 5 heteroatoms. The van der Waals surface area contributed by atoms with Crippen LogP contribution in [-0.4, -0.2) is 22.7 Å². The molecule has 1 unspecified atom stereocenters. The summed E-state index contributed by atoms with van der Waals surface area (Å²) in [5.41, 5.74) is 0.652. The summed E-state index contributed by atoms with van der Waals surface area (Å²) < 4.78 is 5.41. The average molecular weight is 243 g/mol. The van der Waals surface area contributed by atoms with E-state index in [0.29, 0.717) is 17.2 Å². The van der Waals surface area contributed by atoms with Crippen LogP contribution < -0.4 is 0 Å². The average Bonchev–Trinajstić information content (AvgIpc) is 2.62. The summed E-state index contributed by atoms with van der Waals surface area (Å²) in [6.07, 6.45) is -0.138. The Morgan fingerprint density at radius 1 is 1.50 bits per heavy atom. The molecule has 0 saturated heterocycles. The Bertz CT molecular complexity index is 373. The van der Waals surface area contributed by atoms with Crippen molar-refractivity contribution >= 4 is 17.3 Å². The number of nitrogens with zero attached hydrogens (tertiary/aromatic N) is 1. The first-order chi connectivity index (χ1) is 7.47. The van der Waals surface area contributed by atoms with Gasteiger partial charge in [0.25, 0.3) is 0 Å². The van der Waals surface area contributed by atoms with Crippen LogP contribution in [0.15, 0.2) is 0 Å². The number of aromatic carboxylic acids is 1. The second-order valence-electron chi connectivity index (χ2n) is 3.82. The topological polar surface area (TPSA) is 59.4 Å². The molecule has 1 heterocycles. The monoisotopic (exact) mass is 243 g/mol. The molecule has 1 aromatic heterocycles. The number of carboxylic acid groups (broad SMARTS) is 1. The van der Waals surface area contributed by atoms with Gasteiger partial charge in [0.05, 0.1) is 5.69 Å². The van der Waals surface area contributed by atoms with E-state index in [0.717, 1.165) is 5.01 Å². The van der Waals surface area contributed by atoms with Gasteiger partial charge in [-0.3, -0.25) is 0 Å². The van der Waals surface area contributed by atoms with Crippen LogP contribution in [0.4, 0.5) is 0 Å². The Morgan fingerprint density at radius 2 is 2.12 bits per heavy atom. The molecule has 0 radical (unpaired) electrons. The molecule has 0 aliphatic carbocycles. The minimum atomic E-state index is -0.906. The summed E-state index contributed by atoms with van der Waals surface area (Å²) in [5.74, 6) is -0.791. The highest BCUT2D eigenvalue weighted by Gasteiger charge is 2.22. The Kier molecular flexibility index (Phi) is 4.44. The lowest BCUT2D eigenvalue weighted by atomic mass is 10.1. The van der Waals surface area contributed by atoms with Crippen molar-refractivity contribution in [3.05, 3.63) is 15.6 Å². The molecule has 0 aliphatic heterocycles. The van der Waals surface area contributed by atoms with Crippen molar-refractivity contribution in [2.24, 2.45) is 0 Å². The first-order valence-electron chi connectivity index (χ1n) is 5.32. The summed E-state index contributed by atoms with van der Waals surface area (Å²) >= 11 is 1.21. The van der Waals surface area contributed by atoms with Gasteiger partial charge in [0.1, 0.15) is 16.0 Å². The predicted molar refractivity (Wildman–Crippen MR) is 63.2 cm³/mol. The SMILES string of the molecule is CCOC(C)c1nc(C(C)C)c(C(=O)O)s1. The molecule has 1 atom stereocenters. The maximum Gasteiger partial charge on any atom is 0.347 e. The molecule has 1 rings (SSSR count). The molecule has 90 valence electrons. The third-order valence-corrected chi connectivity index (χ3v) is 3.40. The van der Waals surface area contributed by atoms with Crippen molar-refractivity contribution < 1.29 is 14.6 Å². The molecule has 4 nitrogen and oxygen atoms in total. The number of hydrogen-bond acceptors (Lipinski definition) is 4. The van der Waals surface area contributed by atoms with Crippen LogP contribution in [0.5, 0.6) is 0 Å². The van der Waals surface area contributed by atoms with Crippen LogP contribution in [0, 0.1) is 0 Å². The van der Waals surface area contributed by atoms with Gasteiger partial charge < -0.3 is 9.84 Å². The summed E-state index contributed by atoms with van der Waals surface area (Å²) in [7, 11) is 0. The molecule has 1 aromatic rings. The minimum absolute atomic E-state index is 0.116. The van der Waals surface area contributed by atoms with E-state index in [2.05, 4.69) is 4.98 Å². The number of aromatic nitrogens is 1. The lowest BCUT2D eigenvalue weighted by Gasteiger charge is -2.07. The van der Waals surface area contributed by atoms with Crippen molar-refractivity contribution in [3.63, 3.8) is 0 Å². The fraction of sp³-hybridized carbons (Fsp3) is 0.636. The van der Waals surface area contributed by atoms with E-state index in [4.69, 9.17) is 9.84 Å². The zero-order chi connectivity index (χ0) is 12.3. The van der Waals surface area contributed by atoms with E-state index in [9.17, 15) is 4.79 Å². The molecule has 0 aromatic carbocycles. The fourth-order valence-electron chi connectivity index (χ4n) is 1.39. The molecule has 0 spiro atoms. The summed E-state index contributed by atoms with van der Waals surface area (Å²) in [4.78, 5) is 15.7. The van der Waals surface area contributed by atoms with E-state index >= 15 is 0 Å². The van der Waals surface area contributed by atoms with E-state index < -0.39 is 5.97 Å². The number of ether oxygens (including phenoxy) is 1. The van der Waals surface area contributed by atoms with Gasteiger partial charge in [0.2, 0.25) is 0 Å². The number of carboxylic acids is 1. The molecule has 0 amide bonds. The third-order valence-electron chi connectivity index (χ3n) is 2.18. The normalized spacial score (nSPS) is 13.1. The van der Waals surface area contributed by atoms with Crippen molar-refractivity contribution in [2.75, 3.05) is 6.61 Å². The maximum absolute atomic E-state index is 11.0. The zero-order valence-electron chi connectivity index (χ0n) is 9.98. The van der Waals surface area contributed by atoms with Crippen LogP contribution in [0.1, 0.15) is 60.1 Å². The largest absolute Gasteiger partial charge is 0.477 e. The second kappa shape index (κ2) is 5.41. The lowest BCUT2D eigenvalue weighted by molar-refractivity contribution is 0.0700. The van der Waals surface area contributed by atoms with E-state index in [-0.39, 0.29) is 12.0 Å². The highest BCUT2D eigenvalue weighted by Crippen LogP contribution is 2.29. The van der Waals surface area contributed by atoms with Crippen LogP contribution in [0.3, 0.4) is 0 Å². The smallest absolute Gasteiger partial charge is 0.347 e. The molecule has 0 aliphatic rings. The van der Waals surface area contributed by atoms with Gasteiger partial charge in [-0.2, -0.15) is 0 Å².